The van der Waals surface area contributed by atoms with Crippen molar-refractivity contribution < 1.29 is 0 Å². The molecule has 0 atom stereocenters. The Bertz CT molecular complexity index is 448. The standard InChI is InChI=1S/C17H23N/c1-10-3-2-4-15(17(10)18)16-13-6-11-5-12(8-13)9-14(16)7-11/h2-4,11-14,16H,5-9,18H2,1H3. The van der Waals surface area contributed by atoms with Gasteiger partial charge in [0.15, 0.2) is 0 Å². The molecule has 4 saturated carbocycles. The Morgan fingerprint density at radius 1 is 0.944 bits per heavy atom. The minimum atomic E-state index is 0.776. The van der Waals surface area contributed by atoms with Crippen LogP contribution < -0.4 is 5.73 Å². The first-order chi connectivity index (χ1) is 8.72. The van der Waals surface area contributed by atoms with Crippen LogP contribution in [0.15, 0.2) is 18.2 Å². The maximum absolute atomic E-state index is 6.36. The van der Waals surface area contributed by atoms with E-state index in [2.05, 4.69) is 25.1 Å². The van der Waals surface area contributed by atoms with Crippen LogP contribution in [0.1, 0.15) is 49.1 Å². The number of aryl methyl sites for hydroxylation is 1. The van der Waals surface area contributed by atoms with Crippen LogP contribution in [0.4, 0.5) is 5.69 Å². The Hall–Kier alpha value is -0.980. The summed E-state index contributed by atoms with van der Waals surface area (Å²) in [5.74, 6) is 4.75. The maximum Gasteiger partial charge on any atom is 0.0379 e. The Morgan fingerprint density at radius 3 is 2.17 bits per heavy atom. The van der Waals surface area contributed by atoms with Crippen LogP contribution in [0.3, 0.4) is 0 Å². The second-order valence-electron chi connectivity index (χ2n) is 7.03. The van der Waals surface area contributed by atoms with Crippen molar-refractivity contribution in [3.8, 4) is 0 Å². The highest BCUT2D eigenvalue weighted by molar-refractivity contribution is 5.55. The predicted molar refractivity (Wildman–Crippen MR) is 75.4 cm³/mol. The summed E-state index contributed by atoms with van der Waals surface area (Å²) in [5.41, 5.74) is 10.2. The number of nitrogens with two attached hydrogens (primary N) is 1. The van der Waals surface area contributed by atoms with E-state index in [1.807, 2.05) is 0 Å². The third-order valence-electron chi connectivity index (χ3n) is 5.94. The highest BCUT2D eigenvalue weighted by Gasteiger charge is 2.48. The summed E-state index contributed by atoms with van der Waals surface area (Å²) in [6, 6.07) is 6.65. The average Bonchev–Trinajstić information content (AvgIpc) is 2.33. The van der Waals surface area contributed by atoms with Crippen molar-refractivity contribution in [1.82, 2.24) is 0 Å². The molecule has 1 aromatic carbocycles. The lowest BCUT2D eigenvalue weighted by atomic mass is 9.50. The van der Waals surface area contributed by atoms with Gasteiger partial charge >= 0.3 is 0 Å². The average molecular weight is 241 g/mol. The zero-order chi connectivity index (χ0) is 12.3. The van der Waals surface area contributed by atoms with Crippen molar-refractivity contribution in [2.24, 2.45) is 23.7 Å². The summed E-state index contributed by atoms with van der Waals surface area (Å²) < 4.78 is 0. The van der Waals surface area contributed by atoms with Gasteiger partial charge in [0.05, 0.1) is 0 Å². The van der Waals surface area contributed by atoms with Crippen molar-refractivity contribution in [3.05, 3.63) is 29.3 Å². The first-order valence-electron chi connectivity index (χ1n) is 7.57. The van der Waals surface area contributed by atoms with Crippen molar-refractivity contribution >= 4 is 5.69 Å². The van der Waals surface area contributed by atoms with Crippen LogP contribution in [-0.2, 0) is 0 Å². The molecule has 0 aliphatic heterocycles. The highest BCUT2D eigenvalue weighted by Crippen LogP contribution is 2.60. The molecule has 4 aliphatic rings. The summed E-state index contributed by atoms with van der Waals surface area (Å²) in [7, 11) is 0. The molecule has 5 rings (SSSR count). The molecule has 1 nitrogen and oxygen atoms in total. The number of hydrogen-bond donors (Lipinski definition) is 1. The third kappa shape index (κ3) is 1.46. The second-order valence-corrected chi connectivity index (χ2v) is 7.03. The van der Waals surface area contributed by atoms with Gasteiger partial charge in [-0.25, -0.2) is 0 Å². The van der Waals surface area contributed by atoms with E-state index in [0.717, 1.165) is 35.3 Å². The fourth-order valence-corrected chi connectivity index (χ4v) is 5.43. The molecular weight excluding hydrogens is 218 g/mol. The summed E-state index contributed by atoms with van der Waals surface area (Å²) in [4.78, 5) is 0. The van der Waals surface area contributed by atoms with Crippen molar-refractivity contribution in [2.75, 3.05) is 5.73 Å². The zero-order valence-corrected chi connectivity index (χ0v) is 11.2. The Labute approximate surface area is 110 Å². The Morgan fingerprint density at radius 2 is 1.56 bits per heavy atom. The topological polar surface area (TPSA) is 26.0 Å². The lowest BCUT2D eigenvalue weighted by molar-refractivity contribution is -0.00255. The van der Waals surface area contributed by atoms with Crippen molar-refractivity contribution in [2.45, 2.75) is 44.9 Å². The number of benzene rings is 1. The van der Waals surface area contributed by atoms with Crippen LogP contribution in [0.25, 0.3) is 0 Å². The molecule has 4 bridgehead atoms. The number of anilines is 1. The van der Waals surface area contributed by atoms with E-state index < -0.39 is 0 Å². The van der Waals surface area contributed by atoms with Crippen LogP contribution in [-0.4, -0.2) is 0 Å². The van der Waals surface area contributed by atoms with E-state index in [0.29, 0.717) is 0 Å². The van der Waals surface area contributed by atoms with E-state index >= 15 is 0 Å². The molecule has 1 aromatic rings. The van der Waals surface area contributed by atoms with Gasteiger partial charge in [0.2, 0.25) is 0 Å². The van der Waals surface area contributed by atoms with Gasteiger partial charge in [-0.15, -0.1) is 0 Å². The van der Waals surface area contributed by atoms with E-state index in [1.54, 1.807) is 0 Å². The molecular formula is C17H23N. The van der Waals surface area contributed by atoms with E-state index in [9.17, 15) is 0 Å². The lowest BCUT2D eigenvalue weighted by Crippen LogP contribution is -2.44. The molecule has 1 heteroatoms. The molecule has 0 radical (unpaired) electrons. The Balaban J connectivity index is 1.74. The molecule has 18 heavy (non-hydrogen) atoms. The molecule has 0 heterocycles. The monoisotopic (exact) mass is 241 g/mol. The molecule has 4 fully saturated rings. The SMILES string of the molecule is Cc1cccc(C2C3CC4CC(C3)CC2C4)c1N. The van der Waals surface area contributed by atoms with Gasteiger partial charge in [0.25, 0.3) is 0 Å². The first-order valence-corrected chi connectivity index (χ1v) is 7.57. The zero-order valence-electron chi connectivity index (χ0n) is 11.2. The van der Waals surface area contributed by atoms with Crippen molar-refractivity contribution in [3.63, 3.8) is 0 Å². The minimum absolute atomic E-state index is 0.776. The van der Waals surface area contributed by atoms with Crippen LogP contribution in [0, 0.1) is 30.6 Å². The molecule has 0 saturated heterocycles. The minimum Gasteiger partial charge on any atom is -0.398 e. The number of rotatable bonds is 1. The Kier molecular flexibility index (Phi) is 2.27. The van der Waals surface area contributed by atoms with Gasteiger partial charge in [-0.3, -0.25) is 0 Å². The summed E-state index contributed by atoms with van der Waals surface area (Å²) in [6.45, 7) is 2.15. The van der Waals surface area contributed by atoms with Gasteiger partial charge < -0.3 is 5.73 Å². The summed E-state index contributed by atoms with van der Waals surface area (Å²) in [5, 5.41) is 0. The fraction of sp³-hybridized carbons (Fsp3) is 0.647. The third-order valence-corrected chi connectivity index (χ3v) is 5.94. The van der Waals surface area contributed by atoms with Gasteiger partial charge in [-0.2, -0.15) is 0 Å². The first kappa shape index (κ1) is 10.9. The molecule has 0 amide bonds. The van der Waals surface area contributed by atoms with Gasteiger partial charge in [0.1, 0.15) is 0 Å². The number of nitrogen functional groups attached to an aromatic ring is 1. The van der Waals surface area contributed by atoms with E-state index in [4.69, 9.17) is 5.73 Å². The second kappa shape index (κ2) is 3.76. The molecule has 4 aliphatic carbocycles. The number of para-hydroxylation sites is 1. The molecule has 0 unspecified atom stereocenters. The van der Waals surface area contributed by atoms with Gasteiger partial charge in [0, 0.05) is 5.69 Å². The van der Waals surface area contributed by atoms with E-state index in [1.165, 1.54) is 43.2 Å². The normalized spacial score (nSPS) is 41.3. The largest absolute Gasteiger partial charge is 0.398 e. The number of hydrogen-bond acceptors (Lipinski definition) is 1. The molecule has 0 spiro atoms. The molecule has 2 N–H and O–H groups in total. The van der Waals surface area contributed by atoms with Gasteiger partial charge in [-0.1, -0.05) is 18.2 Å². The predicted octanol–water partition coefficient (Wildman–Crippen LogP) is 4.12. The quantitative estimate of drug-likeness (QED) is 0.735. The molecule has 96 valence electrons. The highest BCUT2D eigenvalue weighted by atomic mass is 14.6. The van der Waals surface area contributed by atoms with E-state index in [-0.39, 0.29) is 0 Å². The fourth-order valence-electron chi connectivity index (χ4n) is 5.43. The maximum atomic E-state index is 6.36. The lowest BCUT2D eigenvalue weighted by Gasteiger charge is -2.54. The van der Waals surface area contributed by atoms with Crippen molar-refractivity contribution in [1.29, 1.82) is 0 Å². The summed E-state index contributed by atoms with van der Waals surface area (Å²) >= 11 is 0. The van der Waals surface area contributed by atoms with Crippen LogP contribution >= 0.6 is 0 Å². The van der Waals surface area contributed by atoms with Gasteiger partial charge in [-0.05, 0) is 79.7 Å². The van der Waals surface area contributed by atoms with Crippen LogP contribution in [0.5, 0.6) is 0 Å². The summed E-state index contributed by atoms with van der Waals surface area (Å²) in [6.07, 6.45) is 7.44. The van der Waals surface area contributed by atoms with Crippen LogP contribution in [0.2, 0.25) is 0 Å². The molecule has 0 aromatic heterocycles. The smallest absolute Gasteiger partial charge is 0.0379 e.